The highest BCUT2D eigenvalue weighted by molar-refractivity contribution is 5.93. The Morgan fingerprint density at radius 1 is 1.24 bits per heavy atom. The maximum atomic E-state index is 13.4. The molecule has 0 saturated heterocycles. The van der Waals surface area contributed by atoms with Crippen LogP contribution in [0.3, 0.4) is 0 Å². The third kappa shape index (κ3) is 3.95. The summed E-state index contributed by atoms with van der Waals surface area (Å²) in [5.74, 6) is 0.0241. The van der Waals surface area contributed by atoms with Crippen molar-refractivity contribution < 1.29 is 13.9 Å². The number of nitrogens with one attached hydrogen (secondary N) is 2. The van der Waals surface area contributed by atoms with E-state index in [1.165, 1.54) is 12.1 Å². The molecule has 2 aromatic rings. The van der Waals surface area contributed by atoms with E-state index in [2.05, 4.69) is 10.6 Å². The summed E-state index contributed by atoms with van der Waals surface area (Å²) in [6, 6.07) is 11.6. The van der Waals surface area contributed by atoms with Gasteiger partial charge in [-0.15, -0.1) is 0 Å². The van der Waals surface area contributed by atoms with Crippen molar-refractivity contribution in [1.29, 1.82) is 0 Å². The number of para-hydroxylation sites is 1. The predicted octanol–water partition coefficient (Wildman–Crippen LogP) is 3.19. The minimum Gasteiger partial charge on any atom is -0.496 e. The highest BCUT2D eigenvalue weighted by Gasteiger charge is 2.06. The first-order valence-corrected chi connectivity index (χ1v) is 6.53. The van der Waals surface area contributed by atoms with Gasteiger partial charge in [0.2, 0.25) is 5.91 Å². The van der Waals surface area contributed by atoms with Crippen LogP contribution in [-0.4, -0.2) is 19.6 Å². The van der Waals surface area contributed by atoms with Crippen LogP contribution in [0.25, 0.3) is 0 Å². The predicted molar refractivity (Wildman–Crippen MR) is 81.3 cm³/mol. The lowest BCUT2D eigenvalue weighted by Crippen LogP contribution is -2.22. The molecule has 0 aliphatic heterocycles. The molecule has 0 spiro atoms. The first kappa shape index (κ1) is 14.8. The minimum atomic E-state index is -0.453. The first-order valence-electron chi connectivity index (χ1n) is 6.53. The summed E-state index contributed by atoms with van der Waals surface area (Å²) in [7, 11) is 1.61. The number of aryl methyl sites for hydroxylation is 1. The number of methoxy groups -OCH3 is 1. The van der Waals surface area contributed by atoms with Gasteiger partial charge in [-0.2, -0.15) is 0 Å². The zero-order valence-electron chi connectivity index (χ0n) is 11.9. The Bertz CT molecular complexity index is 644. The molecule has 0 atom stereocenters. The number of ether oxygens (including phenoxy) is 1. The monoisotopic (exact) mass is 288 g/mol. The van der Waals surface area contributed by atoms with E-state index in [-0.39, 0.29) is 18.1 Å². The quantitative estimate of drug-likeness (QED) is 0.888. The van der Waals surface area contributed by atoms with E-state index in [0.29, 0.717) is 0 Å². The molecule has 0 heterocycles. The van der Waals surface area contributed by atoms with Gasteiger partial charge in [-0.3, -0.25) is 4.79 Å². The lowest BCUT2D eigenvalue weighted by Gasteiger charge is -2.10. The molecular weight excluding hydrogens is 271 g/mol. The van der Waals surface area contributed by atoms with Crippen LogP contribution < -0.4 is 15.4 Å². The van der Waals surface area contributed by atoms with Gasteiger partial charge >= 0.3 is 0 Å². The molecule has 2 rings (SSSR count). The van der Waals surface area contributed by atoms with Gasteiger partial charge in [0.1, 0.15) is 11.6 Å². The fraction of sp³-hybridized carbons (Fsp3) is 0.188. The molecule has 0 aromatic heterocycles. The largest absolute Gasteiger partial charge is 0.496 e. The van der Waals surface area contributed by atoms with Crippen molar-refractivity contribution in [3.8, 4) is 5.75 Å². The zero-order valence-corrected chi connectivity index (χ0v) is 11.9. The molecule has 4 nitrogen and oxygen atoms in total. The average Bonchev–Trinajstić information content (AvgIpc) is 2.48. The number of carbonyl (C=O) groups excluding carboxylic acids is 1. The standard InChI is InChI=1S/C16H17FN2O2/c1-11-9-12(7-8-15(11)21-2)18-10-16(20)19-14-6-4-3-5-13(14)17/h3-9,18H,10H2,1-2H3,(H,19,20). The highest BCUT2D eigenvalue weighted by atomic mass is 19.1. The number of amides is 1. The number of benzene rings is 2. The van der Waals surface area contributed by atoms with E-state index in [9.17, 15) is 9.18 Å². The van der Waals surface area contributed by atoms with Crippen LogP contribution in [0.2, 0.25) is 0 Å². The molecule has 5 heteroatoms. The van der Waals surface area contributed by atoms with E-state index in [4.69, 9.17) is 4.74 Å². The fourth-order valence-corrected chi connectivity index (χ4v) is 1.93. The van der Waals surface area contributed by atoms with E-state index in [1.807, 2.05) is 25.1 Å². The number of carbonyl (C=O) groups is 1. The average molecular weight is 288 g/mol. The molecule has 1 amide bonds. The van der Waals surface area contributed by atoms with E-state index < -0.39 is 5.82 Å². The van der Waals surface area contributed by atoms with Crippen molar-refractivity contribution in [2.24, 2.45) is 0 Å². The molecule has 110 valence electrons. The third-order valence-electron chi connectivity index (χ3n) is 3.00. The number of halogens is 1. The van der Waals surface area contributed by atoms with Crippen molar-refractivity contribution in [1.82, 2.24) is 0 Å². The van der Waals surface area contributed by atoms with Gasteiger partial charge in [0.15, 0.2) is 0 Å². The third-order valence-corrected chi connectivity index (χ3v) is 3.00. The molecule has 0 aliphatic carbocycles. The number of hydrogen-bond donors (Lipinski definition) is 2. The van der Waals surface area contributed by atoms with Crippen molar-refractivity contribution in [3.63, 3.8) is 0 Å². The maximum absolute atomic E-state index is 13.4. The zero-order chi connectivity index (χ0) is 15.2. The Labute approximate surface area is 122 Å². The van der Waals surface area contributed by atoms with Crippen molar-refractivity contribution in [2.75, 3.05) is 24.3 Å². The lowest BCUT2D eigenvalue weighted by molar-refractivity contribution is -0.114. The summed E-state index contributed by atoms with van der Waals surface area (Å²) < 4.78 is 18.6. The first-order chi connectivity index (χ1) is 10.1. The van der Waals surface area contributed by atoms with E-state index in [0.717, 1.165) is 17.0 Å². The van der Waals surface area contributed by atoms with Crippen molar-refractivity contribution in [3.05, 3.63) is 53.8 Å². The van der Waals surface area contributed by atoms with Crippen LogP contribution in [0.15, 0.2) is 42.5 Å². The number of rotatable bonds is 5. The van der Waals surface area contributed by atoms with Crippen LogP contribution in [-0.2, 0) is 4.79 Å². The molecule has 0 fully saturated rings. The molecule has 2 aromatic carbocycles. The SMILES string of the molecule is COc1ccc(NCC(=O)Nc2ccccc2F)cc1C. The summed E-state index contributed by atoms with van der Waals surface area (Å²) in [5.41, 5.74) is 1.95. The van der Waals surface area contributed by atoms with Crippen LogP contribution in [0.4, 0.5) is 15.8 Å². The van der Waals surface area contributed by atoms with Gasteiger partial charge in [-0.05, 0) is 42.8 Å². The Morgan fingerprint density at radius 2 is 2.00 bits per heavy atom. The summed E-state index contributed by atoms with van der Waals surface area (Å²) in [6.07, 6.45) is 0. The van der Waals surface area contributed by atoms with Crippen LogP contribution >= 0.6 is 0 Å². The van der Waals surface area contributed by atoms with Gasteiger partial charge in [0.05, 0.1) is 19.3 Å². The normalized spacial score (nSPS) is 10.0. The fourth-order valence-electron chi connectivity index (χ4n) is 1.93. The van der Waals surface area contributed by atoms with Gasteiger partial charge in [-0.25, -0.2) is 4.39 Å². The smallest absolute Gasteiger partial charge is 0.243 e. The molecule has 0 radical (unpaired) electrons. The van der Waals surface area contributed by atoms with Gasteiger partial charge in [-0.1, -0.05) is 12.1 Å². The molecule has 0 aliphatic rings. The minimum absolute atomic E-state index is 0.0557. The van der Waals surface area contributed by atoms with Gasteiger partial charge in [0, 0.05) is 5.69 Å². The highest BCUT2D eigenvalue weighted by Crippen LogP contribution is 2.21. The summed E-state index contributed by atoms with van der Waals surface area (Å²) in [6.45, 7) is 1.98. The summed E-state index contributed by atoms with van der Waals surface area (Å²) >= 11 is 0. The second-order valence-electron chi connectivity index (χ2n) is 4.57. The molecular formula is C16H17FN2O2. The molecule has 0 bridgehead atoms. The van der Waals surface area contributed by atoms with Crippen LogP contribution in [0, 0.1) is 12.7 Å². The Morgan fingerprint density at radius 3 is 2.67 bits per heavy atom. The Balaban J connectivity index is 1.92. The summed E-state index contributed by atoms with van der Waals surface area (Å²) in [4.78, 5) is 11.8. The molecule has 0 saturated carbocycles. The lowest BCUT2D eigenvalue weighted by atomic mass is 10.2. The molecule has 0 unspecified atom stereocenters. The second-order valence-corrected chi connectivity index (χ2v) is 4.57. The molecule has 21 heavy (non-hydrogen) atoms. The Hall–Kier alpha value is -2.56. The summed E-state index contributed by atoms with van der Waals surface area (Å²) in [5, 5.41) is 5.50. The maximum Gasteiger partial charge on any atom is 0.243 e. The van der Waals surface area contributed by atoms with Crippen LogP contribution in [0.5, 0.6) is 5.75 Å². The van der Waals surface area contributed by atoms with Gasteiger partial charge < -0.3 is 15.4 Å². The Kier molecular flexibility index (Phi) is 4.77. The van der Waals surface area contributed by atoms with Crippen molar-refractivity contribution >= 4 is 17.3 Å². The molecule has 2 N–H and O–H groups in total. The van der Waals surface area contributed by atoms with Crippen molar-refractivity contribution in [2.45, 2.75) is 6.92 Å². The van der Waals surface area contributed by atoms with Crippen LogP contribution in [0.1, 0.15) is 5.56 Å². The number of hydrogen-bond acceptors (Lipinski definition) is 3. The van der Waals surface area contributed by atoms with E-state index in [1.54, 1.807) is 19.2 Å². The topological polar surface area (TPSA) is 50.4 Å². The second kappa shape index (κ2) is 6.74. The van der Waals surface area contributed by atoms with E-state index >= 15 is 0 Å². The number of anilines is 2. The van der Waals surface area contributed by atoms with Gasteiger partial charge in [0.25, 0.3) is 0 Å².